The maximum Gasteiger partial charge on any atom is 0.252 e. The average molecular weight is 477 g/mol. The lowest BCUT2D eigenvalue weighted by atomic mass is 10.2. The van der Waals surface area contributed by atoms with E-state index in [4.69, 9.17) is 9.47 Å². The van der Waals surface area contributed by atoms with E-state index in [0.29, 0.717) is 29.3 Å². The summed E-state index contributed by atoms with van der Waals surface area (Å²) in [6, 6.07) is 18.1. The number of anilines is 1. The molecule has 0 unspecified atom stereocenters. The van der Waals surface area contributed by atoms with Gasteiger partial charge in [0.15, 0.2) is 11.5 Å². The van der Waals surface area contributed by atoms with Crippen LogP contribution in [-0.2, 0) is 11.3 Å². The highest BCUT2D eigenvalue weighted by molar-refractivity contribution is 8.00. The highest BCUT2D eigenvalue weighted by Crippen LogP contribution is 2.30. The lowest BCUT2D eigenvalue weighted by Crippen LogP contribution is -2.23. The first-order valence-electron chi connectivity index (χ1n) is 10.5. The van der Waals surface area contributed by atoms with Crippen LogP contribution in [0, 0.1) is 0 Å². The zero-order valence-corrected chi connectivity index (χ0v) is 19.6. The van der Waals surface area contributed by atoms with Crippen LogP contribution < -0.4 is 20.1 Å². The van der Waals surface area contributed by atoms with Gasteiger partial charge in [0.05, 0.1) is 37.8 Å². The number of fused-ring (bicyclic) bond motifs is 1. The molecule has 2 heterocycles. The number of nitrogens with zero attached hydrogens (tertiary/aromatic N) is 2. The predicted octanol–water partition coefficient (Wildman–Crippen LogP) is 4.01. The standard InChI is InChI=1S/C25H24N4O4S/c1-32-20-11-10-17(13-21(20)33-2)28-24(30)16-34-22-8-4-3-7-19(22)25(31)26-14-18-15-29-12-6-5-9-23(29)27-18/h3-13,15H,14,16H2,1-2H3,(H,26,31)(H,28,30). The Kier molecular flexibility index (Phi) is 7.34. The van der Waals surface area contributed by atoms with E-state index in [1.54, 1.807) is 37.4 Å². The number of nitrogens with one attached hydrogen (secondary N) is 2. The van der Waals surface area contributed by atoms with E-state index in [-0.39, 0.29) is 17.6 Å². The summed E-state index contributed by atoms with van der Waals surface area (Å²) in [4.78, 5) is 30.6. The Balaban J connectivity index is 1.36. The molecule has 0 aliphatic rings. The van der Waals surface area contributed by atoms with E-state index in [9.17, 15) is 9.59 Å². The molecule has 2 aromatic heterocycles. The zero-order valence-electron chi connectivity index (χ0n) is 18.8. The number of benzene rings is 2. The van der Waals surface area contributed by atoms with Gasteiger partial charge in [-0.25, -0.2) is 4.98 Å². The monoisotopic (exact) mass is 476 g/mol. The Bertz CT molecular complexity index is 1290. The Morgan fingerprint density at radius 1 is 1.00 bits per heavy atom. The minimum atomic E-state index is -0.222. The van der Waals surface area contributed by atoms with Gasteiger partial charge in [0, 0.05) is 29.0 Å². The van der Waals surface area contributed by atoms with Crippen molar-refractivity contribution in [2.75, 3.05) is 25.3 Å². The van der Waals surface area contributed by atoms with E-state index in [1.165, 1.54) is 18.9 Å². The van der Waals surface area contributed by atoms with Crippen molar-refractivity contribution < 1.29 is 19.1 Å². The molecule has 0 saturated carbocycles. The van der Waals surface area contributed by atoms with Gasteiger partial charge < -0.3 is 24.5 Å². The summed E-state index contributed by atoms with van der Waals surface area (Å²) in [5.41, 5.74) is 2.69. The topological polar surface area (TPSA) is 94.0 Å². The summed E-state index contributed by atoms with van der Waals surface area (Å²) < 4.78 is 12.4. The number of imidazole rings is 1. The molecule has 0 spiro atoms. The number of hydrogen-bond donors (Lipinski definition) is 2. The van der Waals surface area contributed by atoms with E-state index in [1.807, 2.05) is 47.1 Å². The van der Waals surface area contributed by atoms with Crippen molar-refractivity contribution in [1.29, 1.82) is 0 Å². The number of ether oxygens (including phenoxy) is 2. The first-order chi connectivity index (χ1) is 16.6. The molecule has 0 aliphatic heterocycles. The van der Waals surface area contributed by atoms with Crippen LogP contribution >= 0.6 is 11.8 Å². The van der Waals surface area contributed by atoms with Crippen molar-refractivity contribution in [2.24, 2.45) is 0 Å². The molecule has 0 saturated heterocycles. The molecule has 9 heteroatoms. The van der Waals surface area contributed by atoms with Crippen molar-refractivity contribution in [2.45, 2.75) is 11.4 Å². The number of amides is 2. The highest BCUT2D eigenvalue weighted by atomic mass is 32.2. The molecule has 0 bridgehead atoms. The number of aromatic nitrogens is 2. The third kappa shape index (κ3) is 5.49. The lowest BCUT2D eigenvalue weighted by molar-refractivity contribution is -0.113. The SMILES string of the molecule is COc1ccc(NC(=O)CSc2ccccc2C(=O)NCc2cn3ccccc3n2)cc1OC. The molecule has 2 N–H and O–H groups in total. The summed E-state index contributed by atoms with van der Waals surface area (Å²) in [6.07, 6.45) is 3.79. The minimum Gasteiger partial charge on any atom is -0.493 e. The summed E-state index contributed by atoms with van der Waals surface area (Å²) in [5.74, 6) is 0.835. The van der Waals surface area contributed by atoms with Crippen LogP contribution in [0.25, 0.3) is 5.65 Å². The first kappa shape index (κ1) is 23.2. The maximum absolute atomic E-state index is 12.8. The molecular formula is C25H24N4O4S. The van der Waals surface area contributed by atoms with Crippen molar-refractivity contribution in [3.63, 3.8) is 0 Å². The van der Waals surface area contributed by atoms with Gasteiger partial charge in [-0.2, -0.15) is 0 Å². The number of carbonyl (C=O) groups excluding carboxylic acids is 2. The van der Waals surface area contributed by atoms with Gasteiger partial charge >= 0.3 is 0 Å². The first-order valence-corrected chi connectivity index (χ1v) is 11.5. The Labute approximate surface area is 201 Å². The number of rotatable bonds is 9. The maximum atomic E-state index is 12.8. The van der Waals surface area contributed by atoms with Crippen molar-refractivity contribution in [1.82, 2.24) is 14.7 Å². The molecule has 174 valence electrons. The molecule has 4 aromatic rings. The molecule has 2 amide bonds. The van der Waals surface area contributed by atoms with E-state index in [2.05, 4.69) is 15.6 Å². The second-order valence-corrected chi connectivity index (χ2v) is 8.30. The van der Waals surface area contributed by atoms with Crippen LogP contribution in [0.1, 0.15) is 16.1 Å². The van der Waals surface area contributed by atoms with Gasteiger partial charge in [-0.15, -0.1) is 11.8 Å². The van der Waals surface area contributed by atoms with Gasteiger partial charge in [0.2, 0.25) is 5.91 Å². The molecule has 4 rings (SSSR count). The molecule has 0 fully saturated rings. The Hall–Kier alpha value is -3.98. The molecular weight excluding hydrogens is 452 g/mol. The van der Waals surface area contributed by atoms with Crippen LogP contribution in [0.15, 0.2) is 78.0 Å². The fourth-order valence-electron chi connectivity index (χ4n) is 3.37. The summed E-state index contributed by atoms with van der Waals surface area (Å²) in [5, 5.41) is 5.75. The number of carbonyl (C=O) groups is 2. The van der Waals surface area contributed by atoms with Crippen molar-refractivity contribution in [3.05, 3.63) is 84.3 Å². The fraction of sp³-hybridized carbons (Fsp3) is 0.160. The largest absolute Gasteiger partial charge is 0.493 e. The lowest BCUT2D eigenvalue weighted by Gasteiger charge is -2.11. The minimum absolute atomic E-state index is 0.144. The van der Waals surface area contributed by atoms with Crippen LogP contribution in [0.2, 0.25) is 0 Å². The fourth-order valence-corrected chi connectivity index (χ4v) is 4.22. The molecule has 2 aromatic carbocycles. The van der Waals surface area contributed by atoms with E-state index in [0.717, 1.165) is 16.2 Å². The van der Waals surface area contributed by atoms with Crippen LogP contribution in [0.5, 0.6) is 11.5 Å². The van der Waals surface area contributed by atoms with Crippen LogP contribution in [0.4, 0.5) is 5.69 Å². The van der Waals surface area contributed by atoms with Gasteiger partial charge in [-0.1, -0.05) is 18.2 Å². The summed E-state index contributed by atoms with van der Waals surface area (Å²) >= 11 is 1.30. The van der Waals surface area contributed by atoms with Crippen LogP contribution in [0.3, 0.4) is 0 Å². The number of thioether (sulfide) groups is 1. The molecule has 0 aliphatic carbocycles. The molecule has 0 atom stereocenters. The van der Waals surface area contributed by atoms with Gasteiger partial charge in [0.1, 0.15) is 5.65 Å². The summed E-state index contributed by atoms with van der Waals surface area (Å²) in [7, 11) is 3.09. The van der Waals surface area contributed by atoms with Gasteiger partial charge in [-0.05, 0) is 36.4 Å². The zero-order chi connectivity index (χ0) is 23.9. The van der Waals surface area contributed by atoms with Crippen LogP contribution in [-0.4, -0.2) is 41.2 Å². The van der Waals surface area contributed by atoms with E-state index < -0.39 is 0 Å². The van der Waals surface area contributed by atoms with Gasteiger partial charge in [0.25, 0.3) is 5.91 Å². The smallest absolute Gasteiger partial charge is 0.252 e. The summed E-state index contributed by atoms with van der Waals surface area (Å²) in [6.45, 7) is 0.305. The number of pyridine rings is 1. The highest BCUT2D eigenvalue weighted by Gasteiger charge is 2.14. The van der Waals surface area contributed by atoms with Crippen molar-refractivity contribution in [3.8, 4) is 11.5 Å². The normalized spacial score (nSPS) is 10.6. The average Bonchev–Trinajstić information content (AvgIpc) is 3.29. The second-order valence-electron chi connectivity index (χ2n) is 7.28. The van der Waals surface area contributed by atoms with E-state index >= 15 is 0 Å². The molecule has 8 nitrogen and oxygen atoms in total. The van der Waals surface area contributed by atoms with Gasteiger partial charge in [-0.3, -0.25) is 9.59 Å². The third-order valence-electron chi connectivity index (χ3n) is 5.00. The second kappa shape index (κ2) is 10.8. The Morgan fingerprint density at radius 3 is 2.59 bits per heavy atom. The molecule has 34 heavy (non-hydrogen) atoms. The number of methoxy groups -OCH3 is 2. The Morgan fingerprint density at radius 2 is 1.79 bits per heavy atom. The predicted molar refractivity (Wildman–Crippen MR) is 132 cm³/mol. The third-order valence-corrected chi connectivity index (χ3v) is 6.08. The quantitative estimate of drug-likeness (QED) is 0.355. The number of hydrogen-bond acceptors (Lipinski definition) is 6. The molecule has 0 radical (unpaired) electrons. The van der Waals surface area contributed by atoms with Crippen molar-refractivity contribution >= 4 is 34.9 Å².